The Morgan fingerprint density at radius 3 is 2.67 bits per heavy atom. The average molecular weight is 358 g/mol. The van der Waals surface area contributed by atoms with Crippen LogP contribution < -0.4 is 4.74 Å². The van der Waals surface area contributed by atoms with Gasteiger partial charge < -0.3 is 4.74 Å². The molecule has 1 aromatic carbocycles. The van der Waals surface area contributed by atoms with Crippen molar-refractivity contribution in [1.29, 1.82) is 0 Å². The molecule has 0 saturated heterocycles. The van der Waals surface area contributed by atoms with Gasteiger partial charge in [0.05, 0.1) is 3.57 Å². The van der Waals surface area contributed by atoms with Crippen LogP contribution in [0.4, 0.5) is 0 Å². The number of rotatable bonds is 8. The van der Waals surface area contributed by atoms with Gasteiger partial charge in [0.1, 0.15) is 11.9 Å². The molecular weight excluding hydrogens is 335 g/mol. The van der Waals surface area contributed by atoms with E-state index in [0.717, 1.165) is 18.6 Å². The minimum absolute atomic E-state index is 0.268. The first-order chi connectivity index (χ1) is 8.63. The summed E-state index contributed by atoms with van der Waals surface area (Å²) in [4.78, 5) is 0. The molecule has 1 nitrogen and oxygen atoms in total. The third kappa shape index (κ3) is 5.89. The van der Waals surface area contributed by atoms with Gasteiger partial charge in [-0.2, -0.15) is 0 Å². The smallest absolute Gasteiger partial charge is 0.133 e. The summed E-state index contributed by atoms with van der Waals surface area (Å²) in [5, 5.41) is 0. The predicted octanol–water partition coefficient (Wildman–Crippen LogP) is 5.59. The van der Waals surface area contributed by atoms with Gasteiger partial charge in [0.15, 0.2) is 0 Å². The summed E-state index contributed by atoms with van der Waals surface area (Å²) >= 11 is 2.33. The van der Waals surface area contributed by atoms with Crippen LogP contribution >= 0.6 is 22.6 Å². The van der Waals surface area contributed by atoms with Crippen LogP contribution in [0.15, 0.2) is 36.4 Å². The number of benzene rings is 1. The zero-order chi connectivity index (χ0) is 13.4. The molecule has 1 aromatic rings. The zero-order valence-electron chi connectivity index (χ0n) is 11.4. The summed E-state index contributed by atoms with van der Waals surface area (Å²) in [6, 6.07) is 8.20. The molecule has 2 heteroatoms. The van der Waals surface area contributed by atoms with E-state index in [4.69, 9.17) is 4.74 Å². The number of hydrogen-bond acceptors (Lipinski definition) is 1. The van der Waals surface area contributed by atoms with Crippen molar-refractivity contribution in [3.05, 3.63) is 40.0 Å². The summed E-state index contributed by atoms with van der Waals surface area (Å²) in [6.07, 6.45) is 6.10. The Labute approximate surface area is 125 Å². The number of halogens is 1. The Morgan fingerprint density at radius 2 is 2.06 bits per heavy atom. The van der Waals surface area contributed by atoms with Gasteiger partial charge in [-0.3, -0.25) is 0 Å². The maximum Gasteiger partial charge on any atom is 0.133 e. The standard InChI is InChI=1S/C16H23IO/c1-4-5-6-9-14(12-13(2)3)18-16-11-8-7-10-15(16)17/h7-8,10-11,14H,2,4-6,9,12H2,1,3H3. The lowest BCUT2D eigenvalue weighted by Crippen LogP contribution is -2.17. The molecule has 1 rings (SSSR count). The summed E-state index contributed by atoms with van der Waals surface area (Å²) in [6.45, 7) is 8.31. The third-order valence-electron chi connectivity index (χ3n) is 2.84. The number of ether oxygens (including phenoxy) is 1. The monoisotopic (exact) mass is 358 g/mol. The van der Waals surface area contributed by atoms with Gasteiger partial charge in [0, 0.05) is 6.42 Å². The van der Waals surface area contributed by atoms with Gasteiger partial charge in [0.2, 0.25) is 0 Å². The van der Waals surface area contributed by atoms with Gasteiger partial charge >= 0.3 is 0 Å². The second-order valence-corrected chi connectivity index (χ2v) is 5.99. The quantitative estimate of drug-likeness (QED) is 0.335. The highest BCUT2D eigenvalue weighted by atomic mass is 127. The Kier molecular flexibility index (Phi) is 7.40. The van der Waals surface area contributed by atoms with Gasteiger partial charge in [-0.05, 0) is 54.5 Å². The highest BCUT2D eigenvalue weighted by molar-refractivity contribution is 14.1. The maximum absolute atomic E-state index is 6.13. The van der Waals surface area contributed by atoms with Crippen LogP contribution in [-0.4, -0.2) is 6.10 Å². The fourth-order valence-electron chi connectivity index (χ4n) is 1.93. The van der Waals surface area contributed by atoms with Crippen molar-refractivity contribution in [2.75, 3.05) is 0 Å². The normalized spacial score (nSPS) is 12.2. The van der Waals surface area contributed by atoms with Gasteiger partial charge in [-0.1, -0.05) is 37.5 Å². The van der Waals surface area contributed by atoms with Crippen LogP contribution in [0.25, 0.3) is 0 Å². The van der Waals surface area contributed by atoms with Crippen LogP contribution in [0.2, 0.25) is 0 Å². The lowest BCUT2D eigenvalue weighted by atomic mass is 10.0. The van der Waals surface area contributed by atoms with Crippen LogP contribution in [0.1, 0.15) is 46.0 Å². The molecule has 0 aromatic heterocycles. The molecule has 100 valence electrons. The second kappa shape index (κ2) is 8.57. The van der Waals surface area contributed by atoms with Crippen LogP contribution in [0, 0.1) is 3.57 Å². The van der Waals surface area contributed by atoms with Crippen molar-refractivity contribution in [1.82, 2.24) is 0 Å². The fraction of sp³-hybridized carbons (Fsp3) is 0.500. The van der Waals surface area contributed by atoms with Gasteiger partial charge in [-0.15, -0.1) is 6.58 Å². The van der Waals surface area contributed by atoms with E-state index in [1.807, 2.05) is 18.2 Å². The molecule has 1 atom stereocenters. The summed E-state index contributed by atoms with van der Waals surface area (Å²) in [5.41, 5.74) is 1.20. The van der Waals surface area contributed by atoms with E-state index in [2.05, 4.69) is 49.1 Å². The Morgan fingerprint density at radius 1 is 1.33 bits per heavy atom. The highest BCUT2D eigenvalue weighted by Crippen LogP contribution is 2.24. The van der Waals surface area contributed by atoms with Crippen LogP contribution in [0.5, 0.6) is 5.75 Å². The molecule has 0 aliphatic heterocycles. The average Bonchev–Trinajstić information content (AvgIpc) is 2.31. The summed E-state index contributed by atoms with van der Waals surface area (Å²) in [7, 11) is 0. The van der Waals surface area contributed by atoms with E-state index in [-0.39, 0.29) is 6.10 Å². The summed E-state index contributed by atoms with van der Waals surface area (Å²) in [5.74, 6) is 1.00. The van der Waals surface area contributed by atoms with Crippen molar-refractivity contribution in [3.63, 3.8) is 0 Å². The maximum atomic E-state index is 6.13. The first kappa shape index (κ1) is 15.5. The van der Waals surface area contributed by atoms with E-state index in [1.165, 1.54) is 28.4 Å². The van der Waals surface area contributed by atoms with Crippen LogP contribution in [-0.2, 0) is 0 Å². The van der Waals surface area contributed by atoms with E-state index in [1.54, 1.807) is 0 Å². The van der Waals surface area contributed by atoms with Crippen LogP contribution in [0.3, 0.4) is 0 Å². The van der Waals surface area contributed by atoms with Gasteiger partial charge in [0.25, 0.3) is 0 Å². The molecular formula is C16H23IO. The van der Waals surface area contributed by atoms with E-state index < -0.39 is 0 Å². The van der Waals surface area contributed by atoms with Crippen molar-refractivity contribution < 1.29 is 4.74 Å². The summed E-state index contributed by atoms with van der Waals surface area (Å²) < 4.78 is 7.31. The molecule has 0 aliphatic carbocycles. The third-order valence-corrected chi connectivity index (χ3v) is 3.73. The number of hydrogen-bond donors (Lipinski definition) is 0. The first-order valence-corrected chi connectivity index (χ1v) is 7.77. The first-order valence-electron chi connectivity index (χ1n) is 6.69. The largest absolute Gasteiger partial charge is 0.489 e. The van der Waals surface area contributed by atoms with Crippen molar-refractivity contribution >= 4 is 22.6 Å². The Hall–Kier alpha value is -0.510. The van der Waals surface area contributed by atoms with E-state index in [0.29, 0.717) is 0 Å². The second-order valence-electron chi connectivity index (χ2n) is 4.83. The van der Waals surface area contributed by atoms with E-state index >= 15 is 0 Å². The van der Waals surface area contributed by atoms with Crippen molar-refractivity contribution in [3.8, 4) is 5.75 Å². The highest BCUT2D eigenvalue weighted by Gasteiger charge is 2.12. The molecule has 0 aliphatic rings. The molecule has 0 amide bonds. The number of para-hydroxylation sites is 1. The predicted molar refractivity (Wildman–Crippen MR) is 87.1 cm³/mol. The molecule has 0 heterocycles. The van der Waals surface area contributed by atoms with Crippen molar-refractivity contribution in [2.45, 2.75) is 52.1 Å². The molecule has 0 bridgehead atoms. The fourth-order valence-corrected chi connectivity index (χ4v) is 2.45. The molecule has 0 spiro atoms. The minimum atomic E-state index is 0.268. The Bertz CT molecular complexity index is 373. The zero-order valence-corrected chi connectivity index (χ0v) is 13.6. The molecule has 0 radical (unpaired) electrons. The lowest BCUT2D eigenvalue weighted by Gasteiger charge is -2.20. The SMILES string of the molecule is C=C(C)CC(CCCCC)Oc1ccccc1I. The Balaban J connectivity index is 2.59. The van der Waals surface area contributed by atoms with Crippen molar-refractivity contribution in [2.24, 2.45) is 0 Å². The molecule has 1 unspecified atom stereocenters. The molecule has 0 N–H and O–H groups in total. The topological polar surface area (TPSA) is 9.23 Å². The molecule has 0 saturated carbocycles. The lowest BCUT2D eigenvalue weighted by molar-refractivity contribution is 0.186. The molecule has 18 heavy (non-hydrogen) atoms. The number of unbranched alkanes of at least 4 members (excludes halogenated alkanes) is 2. The van der Waals surface area contributed by atoms with E-state index in [9.17, 15) is 0 Å². The van der Waals surface area contributed by atoms with Gasteiger partial charge in [-0.25, -0.2) is 0 Å². The molecule has 0 fully saturated rings. The minimum Gasteiger partial charge on any atom is -0.489 e.